The van der Waals surface area contributed by atoms with Crippen LogP contribution in [0.5, 0.6) is 5.75 Å². The molecule has 2 N–H and O–H groups in total. The first kappa shape index (κ1) is 19.8. The van der Waals surface area contributed by atoms with Gasteiger partial charge in [-0.15, -0.1) is 10.2 Å². The fourth-order valence-corrected chi connectivity index (χ4v) is 3.17. The summed E-state index contributed by atoms with van der Waals surface area (Å²) in [6.45, 7) is 1.63. The number of nitrogens with zero attached hydrogens (tertiary/aromatic N) is 4. The van der Waals surface area contributed by atoms with Crippen LogP contribution in [0.15, 0.2) is 42.7 Å². The third-order valence-electron chi connectivity index (χ3n) is 3.84. The first-order valence-electron chi connectivity index (χ1n) is 8.00. The number of hydrogen-bond donors (Lipinski definition) is 1. The number of aromatic nitrogens is 3. The zero-order chi connectivity index (χ0) is 20.3. The van der Waals surface area contributed by atoms with Gasteiger partial charge >= 0.3 is 0 Å². The molecule has 0 saturated carbocycles. The van der Waals surface area contributed by atoms with Crippen molar-refractivity contribution in [2.75, 3.05) is 10.6 Å². The largest absolute Gasteiger partial charge is 0.482 e. The molecular weight excluding hydrogens is 408 g/mol. The fraction of sp³-hybridized carbons (Fsp3) is 0.111. The minimum absolute atomic E-state index is 0.0173. The van der Waals surface area contributed by atoms with Crippen LogP contribution < -0.4 is 15.4 Å². The van der Waals surface area contributed by atoms with E-state index >= 15 is 0 Å². The summed E-state index contributed by atoms with van der Waals surface area (Å²) < 4.78 is 19.6. The molecule has 2 heterocycles. The van der Waals surface area contributed by atoms with E-state index in [1.165, 1.54) is 23.2 Å². The molecule has 1 amide bonds. The predicted octanol–water partition coefficient (Wildman–Crippen LogP) is 4.33. The Bertz CT molecular complexity index is 1010. The number of ether oxygens (including phenoxy) is 1. The lowest BCUT2D eigenvalue weighted by Gasteiger charge is -2.20. The first-order valence-corrected chi connectivity index (χ1v) is 8.75. The van der Waals surface area contributed by atoms with Gasteiger partial charge in [0.05, 0.1) is 16.9 Å². The lowest BCUT2D eigenvalue weighted by molar-refractivity contribution is -0.106. The van der Waals surface area contributed by atoms with Gasteiger partial charge in [0.25, 0.3) is 0 Å². The van der Waals surface area contributed by atoms with Gasteiger partial charge in [-0.2, -0.15) is 0 Å². The SMILES string of the molecule is CC(Oc1cc(N(C=O)c2cccnc2)nnc1N)c1c(Cl)ccc(F)c1Cl. The lowest BCUT2D eigenvalue weighted by Crippen LogP contribution is -2.17. The number of benzene rings is 1. The number of pyridine rings is 1. The summed E-state index contributed by atoms with van der Waals surface area (Å²) in [7, 11) is 0. The molecule has 0 saturated heterocycles. The van der Waals surface area contributed by atoms with Crippen LogP contribution >= 0.6 is 23.2 Å². The molecule has 1 atom stereocenters. The van der Waals surface area contributed by atoms with E-state index in [-0.39, 0.29) is 33.0 Å². The topological polar surface area (TPSA) is 94.2 Å². The van der Waals surface area contributed by atoms with Crippen molar-refractivity contribution in [3.05, 3.63) is 64.2 Å². The van der Waals surface area contributed by atoms with Gasteiger partial charge in [0.1, 0.15) is 11.9 Å². The van der Waals surface area contributed by atoms with Crippen LogP contribution in [0.1, 0.15) is 18.6 Å². The van der Waals surface area contributed by atoms with Gasteiger partial charge in [0.15, 0.2) is 17.4 Å². The van der Waals surface area contributed by atoms with Crippen LogP contribution in [0.25, 0.3) is 0 Å². The van der Waals surface area contributed by atoms with Gasteiger partial charge in [-0.3, -0.25) is 14.7 Å². The Kier molecular flexibility index (Phi) is 5.91. The van der Waals surface area contributed by atoms with Crippen molar-refractivity contribution < 1.29 is 13.9 Å². The van der Waals surface area contributed by atoms with Crippen LogP contribution in [0.3, 0.4) is 0 Å². The highest BCUT2D eigenvalue weighted by Crippen LogP contribution is 2.36. The number of carbonyl (C=O) groups is 1. The number of carbonyl (C=O) groups excluding carboxylic acids is 1. The van der Waals surface area contributed by atoms with Gasteiger partial charge in [-0.05, 0) is 31.2 Å². The van der Waals surface area contributed by atoms with E-state index in [2.05, 4.69) is 15.2 Å². The number of hydrogen-bond acceptors (Lipinski definition) is 6. The van der Waals surface area contributed by atoms with Crippen LogP contribution in [0, 0.1) is 5.82 Å². The molecule has 3 aromatic rings. The van der Waals surface area contributed by atoms with Gasteiger partial charge in [-0.25, -0.2) is 4.39 Å². The lowest BCUT2D eigenvalue weighted by atomic mass is 10.1. The summed E-state index contributed by atoms with van der Waals surface area (Å²) in [6.07, 6.45) is 2.87. The summed E-state index contributed by atoms with van der Waals surface area (Å²) in [5.74, 6) is -0.349. The van der Waals surface area contributed by atoms with E-state index in [4.69, 9.17) is 33.7 Å². The molecule has 0 aliphatic carbocycles. The Balaban J connectivity index is 1.94. The molecule has 3 rings (SSSR count). The van der Waals surface area contributed by atoms with Crippen molar-refractivity contribution in [2.45, 2.75) is 13.0 Å². The van der Waals surface area contributed by atoms with Gasteiger partial charge in [0.2, 0.25) is 6.41 Å². The number of nitrogen functional groups attached to an aromatic ring is 1. The second kappa shape index (κ2) is 8.37. The summed E-state index contributed by atoms with van der Waals surface area (Å²) >= 11 is 12.2. The Morgan fingerprint density at radius 3 is 2.75 bits per heavy atom. The van der Waals surface area contributed by atoms with Crippen LogP contribution in [-0.4, -0.2) is 21.6 Å². The van der Waals surface area contributed by atoms with E-state index < -0.39 is 11.9 Å². The zero-order valence-corrected chi connectivity index (χ0v) is 16.0. The minimum Gasteiger partial charge on any atom is -0.482 e. The highest BCUT2D eigenvalue weighted by Gasteiger charge is 2.21. The smallest absolute Gasteiger partial charge is 0.220 e. The molecule has 2 aromatic heterocycles. The van der Waals surface area contributed by atoms with E-state index in [0.29, 0.717) is 12.1 Å². The normalized spacial score (nSPS) is 11.7. The molecule has 28 heavy (non-hydrogen) atoms. The Morgan fingerprint density at radius 1 is 1.29 bits per heavy atom. The van der Waals surface area contributed by atoms with Crippen LogP contribution in [-0.2, 0) is 4.79 Å². The Hall–Kier alpha value is -2.97. The van der Waals surface area contributed by atoms with E-state index in [1.54, 1.807) is 25.3 Å². The number of rotatable bonds is 6. The average molecular weight is 422 g/mol. The highest BCUT2D eigenvalue weighted by atomic mass is 35.5. The van der Waals surface area contributed by atoms with Crippen molar-refractivity contribution in [1.29, 1.82) is 0 Å². The van der Waals surface area contributed by atoms with Gasteiger partial charge in [-0.1, -0.05) is 23.2 Å². The van der Waals surface area contributed by atoms with E-state index in [0.717, 1.165) is 6.07 Å². The molecule has 0 aliphatic heterocycles. The first-order chi connectivity index (χ1) is 13.4. The zero-order valence-electron chi connectivity index (χ0n) is 14.5. The highest BCUT2D eigenvalue weighted by molar-refractivity contribution is 6.36. The molecule has 1 unspecified atom stereocenters. The van der Waals surface area contributed by atoms with Crippen molar-refractivity contribution >= 4 is 46.9 Å². The van der Waals surface area contributed by atoms with Crippen molar-refractivity contribution in [3.63, 3.8) is 0 Å². The molecule has 10 heteroatoms. The molecule has 144 valence electrons. The molecular formula is C18H14Cl2FN5O2. The average Bonchev–Trinajstić information content (AvgIpc) is 2.69. The van der Waals surface area contributed by atoms with E-state index in [9.17, 15) is 9.18 Å². The second-order valence-corrected chi connectivity index (χ2v) is 6.44. The summed E-state index contributed by atoms with van der Waals surface area (Å²) in [5.41, 5.74) is 6.59. The second-order valence-electron chi connectivity index (χ2n) is 5.66. The predicted molar refractivity (Wildman–Crippen MR) is 104 cm³/mol. The molecule has 0 bridgehead atoms. The standard InChI is InChI=1S/C18H14Cl2FN5O2/c1-10(16-12(19)4-5-13(21)17(16)20)28-14-7-15(24-25-18(14)22)26(9-27)11-3-2-6-23-8-11/h2-10H,1H3,(H2,22,25). The summed E-state index contributed by atoms with van der Waals surface area (Å²) in [6, 6.07) is 7.32. The van der Waals surface area contributed by atoms with Crippen molar-refractivity contribution in [3.8, 4) is 5.75 Å². The van der Waals surface area contributed by atoms with Gasteiger partial charge in [0, 0.05) is 22.8 Å². The maximum atomic E-state index is 13.8. The molecule has 0 aliphatic rings. The summed E-state index contributed by atoms with van der Waals surface area (Å²) in [5, 5.41) is 7.83. The van der Waals surface area contributed by atoms with Crippen molar-refractivity contribution in [1.82, 2.24) is 15.2 Å². The van der Waals surface area contributed by atoms with Gasteiger partial charge < -0.3 is 10.5 Å². The van der Waals surface area contributed by atoms with Crippen LogP contribution in [0.4, 0.5) is 21.7 Å². The molecule has 0 spiro atoms. The molecule has 0 radical (unpaired) electrons. The summed E-state index contributed by atoms with van der Waals surface area (Å²) in [4.78, 5) is 16.7. The van der Waals surface area contributed by atoms with Crippen LogP contribution in [0.2, 0.25) is 10.0 Å². The number of halogens is 3. The Morgan fingerprint density at radius 2 is 2.07 bits per heavy atom. The number of anilines is 3. The van der Waals surface area contributed by atoms with E-state index in [1.807, 2.05) is 0 Å². The minimum atomic E-state index is -0.752. The molecule has 0 fully saturated rings. The monoisotopic (exact) mass is 421 g/mol. The fourth-order valence-electron chi connectivity index (χ4n) is 2.49. The third-order valence-corrected chi connectivity index (χ3v) is 4.55. The Labute approximate surface area is 169 Å². The maximum absolute atomic E-state index is 13.8. The molecule has 7 nitrogen and oxygen atoms in total. The van der Waals surface area contributed by atoms with Crippen molar-refractivity contribution in [2.24, 2.45) is 0 Å². The number of nitrogens with two attached hydrogens (primary N) is 1. The number of amides is 1. The maximum Gasteiger partial charge on any atom is 0.220 e. The molecule has 1 aromatic carbocycles. The quantitative estimate of drug-likeness (QED) is 0.469. The third kappa shape index (κ3) is 3.97.